The van der Waals surface area contributed by atoms with Crippen molar-refractivity contribution < 1.29 is 28.8 Å². The van der Waals surface area contributed by atoms with Crippen molar-refractivity contribution in [1.29, 1.82) is 0 Å². The van der Waals surface area contributed by atoms with Crippen molar-refractivity contribution in [3.63, 3.8) is 0 Å². The van der Waals surface area contributed by atoms with Crippen LogP contribution in [0, 0.1) is 22.0 Å². The van der Waals surface area contributed by atoms with E-state index in [1.165, 1.54) is 32.4 Å². The zero-order valence-corrected chi connectivity index (χ0v) is 19.0. The Labute approximate surface area is 199 Å². The minimum absolute atomic E-state index is 0.00932. The number of hydrogen-bond donors (Lipinski definition) is 1. The number of benzene rings is 2. The fourth-order valence-electron chi connectivity index (χ4n) is 6.51. The van der Waals surface area contributed by atoms with E-state index in [1.54, 1.807) is 18.2 Å². The van der Waals surface area contributed by atoms with Crippen molar-refractivity contribution in [2.75, 3.05) is 31.0 Å². The van der Waals surface area contributed by atoms with Crippen molar-refractivity contribution in [3.05, 3.63) is 52.1 Å². The van der Waals surface area contributed by atoms with Crippen LogP contribution in [-0.2, 0) is 19.9 Å². The molecule has 6 rings (SSSR count). The number of ether oxygens (including phenoxy) is 2. The van der Waals surface area contributed by atoms with E-state index in [9.17, 15) is 24.5 Å². The van der Waals surface area contributed by atoms with Gasteiger partial charge in [0.15, 0.2) is 0 Å². The van der Waals surface area contributed by atoms with E-state index in [0.29, 0.717) is 30.0 Å². The molecule has 4 aliphatic heterocycles. The van der Waals surface area contributed by atoms with Crippen molar-refractivity contribution >= 4 is 34.8 Å². The zero-order valence-electron chi connectivity index (χ0n) is 19.0. The highest BCUT2D eigenvalue weighted by atomic mass is 16.6. The second-order valence-electron chi connectivity index (χ2n) is 9.16. The van der Waals surface area contributed by atoms with Gasteiger partial charge in [-0.3, -0.25) is 29.4 Å². The molecule has 4 aliphatic rings. The predicted molar refractivity (Wildman–Crippen MR) is 122 cm³/mol. The summed E-state index contributed by atoms with van der Waals surface area (Å²) in [6.07, 6.45) is 1.44. The number of non-ortho nitro benzene ring substituents is 1. The summed E-state index contributed by atoms with van der Waals surface area (Å²) in [6, 6.07) is 8.69. The molecule has 180 valence electrons. The van der Waals surface area contributed by atoms with Gasteiger partial charge in [-0.1, -0.05) is 0 Å². The Morgan fingerprint density at radius 2 is 1.89 bits per heavy atom. The number of hydrogen-bond acceptors (Lipinski definition) is 8. The average molecular weight is 478 g/mol. The quantitative estimate of drug-likeness (QED) is 0.401. The van der Waals surface area contributed by atoms with Gasteiger partial charge in [0.2, 0.25) is 17.7 Å². The van der Waals surface area contributed by atoms with E-state index < -0.39 is 34.1 Å². The number of carbonyl (C=O) groups excluding carboxylic acids is 3. The number of anilines is 2. The van der Waals surface area contributed by atoms with Crippen molar-refractivity contribution in [3.8, 4) is 11.5 Å². The van der Waals surface area contributed by atoms with Crippen molar-refractivity contribution in [2.45, 2.75) is 24.4 Å². The van der Waals surface area contributed by atoms with Crippen LogP contribution in [0.5, 0.6) is 11.5 Å². The number of amides is 3. The third-order valence-corrected chi connectivity index (χ3v) is 7.81. The third-order valence-electron chi connectivity index (χ3n) is 7.81. The molecule has 11 heteroatoms. The molecule has 3 fully saturated rings. The molecule has 0 bridgehead atoms. The number of methoxy groups -OCH3 is 2. The van der Waals surface area contributed by atoms with Gasteiger partial charge < -0.3 is 14.8 Å². The van der Waals surface area contributed by atoms with E-state index in [1.807, 2.05) is 4.90 Å². The molecular formula is C24H22N4O7. The lowest BCUT2D eigenvalue weighted by atomic mass is 9.75. The van der Waals surface area contributed by atoms with Gasteiger partial charge in [0.1, 0.15) is 22.7 Å². The first-order chi connectivity index (χ1) is 16.8. The lowest BCUT2D eigenvalue weighted by Gasteiger charge is -2.36. The van der Waals surface area contributed by atoms with Gasteiger partial charge >= 0.3 is 0 Å². The van der Waals surface area contributed by atoms with Crippen LogP contribution in [0.2, 0.25) is 0 Å². The first kappa shape index (κ1) is 21.5. The van der Waals surface area contributed by atoms with Crippen LogP contribution in [0.15, 0.2) is 36.4 Å². The van der Waals surface area contributed by atoms with Crippen LogP contribution in [0.3, 0.4) is 0 Å². The maximum absolute atomic E-state index is 14.1. The zero-order chi connectivity index (χ0) is 24.6. The first-order valence-electron chi connectivity index (χ1n) is 11.3. The predicted octanol–water partition coefficient (Wildman–Crippen LogP) is 2.04. The van der Waals surface area contributed by atoms with E-state index in [2.05, 4.69) is 5.32 Å². The first-order valence-corrected chi connectivity index (χ1v) is 11.3. The van der Waals surface area contributed by atoms with Crippen molar-refractivity contribution in [2.24, 2.45) is 11.8 Å². The van der Waals surface area contributed by atoms with E-state index in [-0.39, 0.29) is 29.1 Å². The van der Waals surface area contributed by atoms with Crippen LogP contribution in [0.1, 0.15) is 18.4 Å². The number of nitro groups is 1. The highest BCUT2D eigenvalue weighted by molar-refractivity contribution is 6.26. The summed E-state index contributed by atoms with van der Waals surface area (Å²) in [5.74, 6) is -2.46. The van der Waals surface area contributed by atoms with Crippen LogP contribution in [0.4, 0.5) is 17.1 Å². The number of carbonyl (C=O) groups is 3. The van der Waals surface area contributed by atoms with Crippen LogP contribution >= 0.6 is 0 Å². The molecule has 2 aromatic carbocycles. The number of fused-ring (bicyclic) bond motifs is 7. The maximum Gasteiger partial charge on any atom is 0.271 e. The average Bonchev–Trinajstić information content (AvgIpc) is 3.56. The molecule has 0 radical (unpaired) electrons. The number of imide groups is 1. The molecule has 3 amide bonds. The summed E-state index contributed by atoms with van der Waals surface area (Å²) in [4.78, 5) is 55.5. The Balaban J connectivity index is 1.55. The molecule has 1 N–H and O–H groups in total. The van der Waals surface area contributed by atoms with Gasteiger partial charge in [0.05, 0.1) is 31.0 Å². The SMILES string of the molecule is COc1ccc2c(c1)[C@]1(C(=O)N2)[C@@H]2C(=O)N(c3cc([N+](=O)[O-])ccc3OC)C(=O)[C@H]2[C@@H]2CCCN21. The standard InChI is InChI=1S/C24H22N4O7/c1-34-13-6-7-15-14(11-13)24(23(31)25-15)20-19(16-4-3-9-26(16)24)21(29)27(22(20)30)17-10-12(28(32)33)5-8-18(17)35-2/h5-8,10-11,16,19-20H,3-4,9H2,1-2H3,(H,25,31)/t16-,19-,20-,24+/m0/s1. The topological polar surface area (TPSA) is 131 Å². The minimum atomic E-state index is -1.37. The molecule has 11 nitrogen and oxygen atoms in total. The Bertz CT molecular complexity index is 1330. The van der Waals surface area contributed by atoms with Gasteiger partial charge in [0.25, 0.3) is 5.69 Å². The van der Waals surface area contributed by atoms with Gasteiger partial charge in [-0.2, -0.15) is 0 Å². The largest absolute Gasteiger partial charge is 0.497 e. The molecule has 1 spiro atoms. The molecule has 2 aromatic rings. The Morgan fingerprint density at radius 3 is 2.60 bits per heavy atom. The van der Waals surface area contributed by atoms with Crippen molar-refractivity contribution in [1.82, 2.24) is 4.90 Å². The molecular weight excluding hydrogens is 456 g/mol. The normalized spacial score (nSPS) is 28.8. The fourth-order valence-corrected chi connectivity index (χ4v) is 6.51. The lowest BCUT2D eigenvalue weighted by Crippen LogP contribution is -2.54. The molecule has 0 unspecified atom stereocenters. The van der Waals surface area contributed by atoms with Crippen LogP contribution in [-0.4, -0.2) is 54.4 Å². The Kier molecular flexibility index (Phi) is 4.46. The second kappa shape index (κ2) is 7.25. The molecule has 35 heavy (non-hydrogen) atoms. The molecule has 3 saturated heterocycles. The van der Waals surface area contributed by atoms with Crippen LogP contribution < -0.4 is 19.7 Å². The highest BCUT2D eigenvalue weighted by Crippen LogP contribution is 2.61. The highest BCUT2D eigenvalue weighted by Gasteiger charge is 2.74. The van der Waals surface area contributed by atoms with E-state index >= 15 is 0 Å². The van der Waals surface area contributed by atoms with Gasteiger partial charge in [-0.05, 0) is 43.7 Å². The molecule has 4 heterocycles. The molecule has 0 aliphatic carbocycles. The summed E-state index contributed by atoms with van der Waals surface area (Å²) in [6.45, 7) is 0.572. The smallest absolute Gasteiger partial charge is 0.271 e. The van der Waals surface area contributed by atoms with E-state index in [4.69, 9.17) is 9.47 Å². The number of nitrogens with zero attached hydrogens (tertiary/aromatic N) is 3. The Morgan fingerprint density at radius 1 is 1.09 bits per heavy atom. The van der Waals surface area contributed by atoms with Gasteiger partial charge in [0, 0.05) is 29.4 Å². The molecule has 0 aromatic heterocycles. The summed E-state index contributed by atoms with van der Waals surface area (Å²) in [5.41, 5.74) is -0.450. The number of nitro benzene ring substituents is 1. The lowest BCUT2D eigenvalue weighted by molar-refractivity contribution is -0.384. The monoisotopic (exact) mass is 478 g/mol. The van der Waals surface area contributed by atoms with E-state index in [0.717, 1.165) is 11.3 Å². The summed E-state index contributed by atoms with van der Waals surface area (Å²) in [7, 11) is 2.89. The number of rotatable bonds is 4. The fraction of sp³-hybridized carbons (Fsp3) is 0.375. The third kappa shape index (κ3) is 2.55. The summed E-state index contributed by atoms with van der Waals surface area (Å²) < 4.78 is 10.8. The van der Waals surface area contributed by atoms with Gasteiger partial charge in [-0.15, -0.1) is 0 Å². The summed E-state index contributed by atoms with van der Waals surface area (Å²) >= 11 is 0. The van der Waals surface area contributed by atoms with Crippen LogP contribution in [0.25, 0.3) is 0 Å². The second-order valence-corrected chi connectivity index (χ2v) is 9.16. The number of nitrogens with one attached hydrogen (secondary N) is 1. The maximum atomic E-state index is 14.1. The van der Waals surface area contributed by atoms with Gasteiger partial charge in [-0.25, -0.2) is 4.90 Å². The summed E-state index contributed by atoms with van der Waals surface area (Å²) in [5, 5.41) is 14.3. The minimum Gasteiger partial charge on any atom is -0.497 e. The molecule has 0 saturated carbocycles. The Hall–Kier alpha value is -3.99. The molecule has 4 atom stereocenters.